The quantitative estimate of drug-likeness (QED) is 0.425. The molecule has 1 atom stereocenters. The van der Waals surface area contributed by atoms with Gasteiger partial charge in [0.25, 0.3) is 5.91 Å². The first-order valence-corrected chi connectivity index (χ1v) is 11.7. The zero-order chi connectivity index (χ0) is 25.2. The number of aromatic nitrogens is 4. The van der Waals surface area contributed by atoms with Crippen LogP contribution in [0.4, 0.5) is 4.39 Å². The third kappa shape index (κ3) is 4.55. The monoisotopic (exact) mass is 488 g/mol. The number of amides is 1. The number of para-hydroxylation sites is 1. The summed E-state index contributed by atoms with van der Waals surface area (Å²) in [5.41, 5.74) is 0.781. The number of rotatable bonds is 5. The average Bonchev–Trinajstić information content (AvgIpc) is 3.40. The van der Waals surface area contributed by atoms with E-state index in [-0.39, 0.29) is 17.4 Å². The minimum absolute atomic E-state index is 0.136. The smallest absolute Gasteiger partial charge is 0.278 e. The number of piperazine rings is 1. The summed E-state index contributed by atoms with van der Waals surface area (Å²) in [6.07, 6.45) is 0. The molecule has 1 amide bonds. The maximum Gasteiger partial charge on any atom is 0.278 e. The molecule has 1 aliphatic heterocycles. The Morgan fingerprint density at radius 2 is 1.72 bits per heavy atom. The van der Waals surface area contributed by atoms with E-state index in [4.69, 9.17) is 4.52 Å². The Bertz CT molecular complexity index is 1440. The highest BCUT2D eigenvalue weighted by Gasteiger charge is 2.30. The lowest BCUT2D eigenvalue weighted by molar-refractivity contribution is 0.0543. The zero-order valence-electron chi connectivity index (χ0n) is 20.0. The summed E-state index contributed by atoms with van der Waals surface area (Å²) in [5, 5.41) is 8.33. The van der Waals surface area contributed by atoms with Crippen molar-refractivity contribution in [3.63, 3.8) is 0 Å². The van der Waals surface area contributed by atoms with Crippen molar-refractivity contribution in [2.45, 2.75) is 19.9 Å². The van der Waals surface area contributed by atoms with Crippen LogP contribution in [0.1, 0.15) is 35.0 Å². The van der Waals surface area contributed by atoms with E-state index < -0.39 is 17.2 Å². The highest BCUT2D eigenvalue weighted by molar-refractivity contribution is 5.92. The van der Waals surface area contributed by atoms with Crippen LogP contribution in [0, 0.1) is 12.7 Å². The summed E-state index contributed by atoms with van der Waals surface area (Å²) in [6.45, 7) is 5.55. The van der Waals surface area contributed by atoms with E-state index in [1.54, 1.807) is 30.0 Å². The third-order valence-electron chi connectivity index (χ3n) is 6.37. The molecule has 2 aromatic heterocycles. The van der Waals surface area contributed by atoms with E-state index in [2.05, 4.69) is 20.1 Å². The Labute approximate surface area is 206 Å². The Morgan fingerprint density at radius 1 is 1.03 bits per heavy atom. The van der Waals surface area contributed by atoms with Crippen molar-refractivity contribution >= 4 is 5.91 Å². The van der Waals surface area contributed by atoms with Crippen molar-refractivity contribution in [1.82, 2.24) is 29.7 Å². The zero-order valence-corrected chi connectivity index (χ0v) is 20.0. The van der Waals surface area contributed by atoms with Gasteiger partial charge in [0.1, 0.15) is 11.5 Å². The molecular weight excluding hydrogens is 463 g/mol. The molecule has 1 aliphatic rings. The molecule has 3 heterocycles. The fraction of sp³-hybridized carbons (Fsp3) is 0.269. The van der Waals surface area contributed by atoms with Crippen LogP contribution >= 0.6 is 0 Å². The van der Waals surface area contributed by atoms with Gasteiger partial charge in [-0.1, -0.05) is 47.6 Å². The fourth-order valence-corrected chi connectivity index (χ4v) is 4.29. The van der Waals surface area contributed by atoms with Gasteiger partial charge in [-0.25, -0.2) is 9.07 Å². The second-order valence-corrected chi connectivity index (χ2v) is 8.69. The van der Waals surface area contributed by atoms with E-state index in [9.17, 15) is 14.0 Å². The van der Waals surface area contributed by atoms with E-state index in [0.717, 1.165) is 5.56 Å². The van der Waals surface area contributed by atoms with Crippen molar-refractivity contribution in [2.75, 3.05) is 26.2 Å². The molecule has 0 N–H and O–H groups in total. The number of halogens is 1. The molecule has 36 heavy (non-hydrogen) atoms. The summed E-state index contributed by atoms with van der Waals surface area (Å²) in [4.78, 5) is 34.1. The number of benzene rings is 2. The van der Waals surface area contributed by atoms with Gasteiger partial charge < -0.3 is 9.42 Å². The molecule has 1 fully saturated rings. The van der Waals surface area contributed by atoms with Crippen LogP contribution in [-0.2, 0) is 0 Å². The second kappa shape index (κ2) is 9.82. The molecule has 184 valence electrons. The van der Waals surface area contributed by atoms with Gasteiger partial charge in [0.05, 0.1) is 6.04 Å². The first-order valence-electron chi connectivity index (χ1n) is 11.7. The number of carbonyl (C=O) groups is 1. The van der Waals surface area contributed by atoms with E-state index in [1.807, 2.05) is 37.3 Å². The SMILES string of the molecule is Cc1cc(=O)c(C(=O)N2CCN(C(C)c3nc(-c4ccccc4)no3)CC2)nn1-c1ccccc1F. The predicted molar refractivity (Wildman–Crippen MR) is 130 cm³/mol. The lowest BCUT2D eigenvalue weighted by Gasteiger charge is -2.36. The number of aryl methyl sites for hydroxylation is 1. The van der Waals surface area contributed by atoms with Gasteiger partial charge in [0, 0.05) is 43.5 Å². The molecular formula is C26H25FN6O3. The summed E-state index contributed by atoms with van der Waals surface area (Å²) in [7, 11) is 0. The fourth-order valence-electron chi connectivity index (χ4n) is 4.29. The first kappa shape index (κ1) is 23.6. The number of hydrogen-bond acceptors (Lipinski definition) is 7. The third-order valence-corrected chi connectivity index (χ3v) is 6.37. The van der Waals surface area contributed by atoms with Crippen LogP contribution in [0.5, 0.6) is 0 Å². The lowest BCUT2D eigenvalue weighted by atomic mass is 10.2. The number of hydrogen-bond donors (Lipinski definition) is 0. The van der Waals surface area contributed by atoms with Crippen LogP contribution in [-0.4, -0.2) is 61.8 Å². The predicted octanol–water partition coefficient (Wildman–Crippen LogP) is 3.25. The molecule has 2 aromatic carbocycles. The van der Waals surface area contributed by atoms with Crippen molar-refractivity contribution < 1.29 is 13.7 Å². The molecule has 0 spiro atoms. The van der Waals surface area contributed by atoms with Crippen molar-refractivity contribution in [3.8, 4) is 17.1 Å². The Balaban J connectivity index is 1.29. The molecule has 0 bridgehead atoms. The molecule has 1 unspecified atom stereocenters. The molecule has 5 rings (SSSR count). The van der Waals surface area contributed by atoms with E-state index >= 15 is 0 Å². The van der Waals surface area contributed by atoms with Gasteiger partial charge >= 0.3 is 0 Å². The van der Waals surface area contributed by atoms with Crippen molar-refractivity contribution in [2.24, 2.45) is 0 Å². The standard InChI is InChI=1S/C26H25FN6O3/c1-17-16-22(34)23(29-33(17)21-11-7-6-10-20(21)27)26(35)32-14-12-31(13-15-32)18(2)25-28-24(30-36-25)19-8-4-3-5-9-19/h3-11,16,18H,12-15H2,1-2H3. The van der Waals surface area contributed by atoms with Crippen LogP contribution in [0.3, 0.4) is 0 Å². The highest BCUT2D eigenvalue weighted by Crippen LogP contribution is 2.23. The van der Waals surface area contributed by atoms with Crippen molar-refractivity contribution in [1.29, 1.82) is 0 Å². The Morgan fingerprint density at radius 3 is 2.44 bits per heavy atom. The summed E-state index contributed by atoms with van der Waals surface area (Å²) in [5.74, 6) is 0.0696. The van der Waals surface area contributed by atoms with Crippen LogP contribution in [0.15, 0.2) is 70.0 Å². The lowest BCUT2D eigenvalue weighted by Crippen LogP contribution is -2.50. The minimum Gasteiger partial charge on any atom is -0.337 e. The van der Waals surface area contributed by atoms with E-state index in [1.165, 1.54) is 16.8 Å². The Kier molecular flexibility index (Phi) is 6.43. The van der Waals surface area contributed by atoms with Gasteiger partial charge in [-0.3, -0.25) is 14.5 Å². The summed E-state index contributed by atoms with van der Waals surface area (Å²) in [6, 6.07) is 16.9. The minimum atomic E-state index is -0.491. The molecule has 0 saturated carbocycles. The maximum atomic E-state index is 14.3. The Hall–Kier alpha value is -4.18. The topological polar surface area (TPSA) is 97.4 Å². The van der Waals surface area contributed by atoms with Gasteiger partial charge in [-0.05, 0) is 26.0 Å². The summed E-state index contributed by atoms with van der Waals surface area (Å²) < 4.78 is 21.1. The largest absolute Gasteiger partial charge is 0.337 e. The normalized spacial score (nSPS) is 15.1. The van der Waals surface area contributed by atoms with Crippen LogP contribution < -0.4 is 5.43 Å². The molecule has 1 saturated heterocycles. The number of nitrogens with zero attached hydrogens (tertiary/aromatic N) is 6. The molecule has 10 heteroatoms. The second-order valence-electron chi connectivity index (χ2n) is 8.69. The molecule has 9 nitrogen and oxygen atoms in total. The molecule has 0 radical (unpaired) electrons. The molecule has 0 aliphatic carbocycles. The van der Waals surface area contributed by atoms with Gasteiger partial charge in [0.15, 0.2) is 5.69 Å². The van der Waals surface area contributed by atoms with Crippen molar-refractivity contribution in [3.05, 3.63) is 94.0 Å². The number of carbonyl (C=O) groups excluding carboxylic acids is 1. The van der Waals surface area contributed by atoms with Gasteiger partial charge in [0.2, 0.25) is 17.1 Å². The highest BCUT2D eigenvalue weighted by atomic mass is 19.1. The van der Waals surface area contributed by atoms with Gasteiger partial charge in [-0.2, -0.15) is 10.1 Å². The maximum absolute atomic E-state index is 14.3. The molecule has 4 aromatic rings. The van der Waals surface area contributed by atoms with Crippen LogP contribution in [0.25, 0.3) is 17.1 Å². The van der Waals surface area contributed by atoms with Crippen LogP contribution in [0.2, 0.25) is 0 Å². The first-order chi connectivity index (χ1) is 17.4. The van der Waals surface area contributed by atoms with Gasteiger partial charge in [-0.15, -0.1) is 0 Å². The average molecular weight is 489 g/mol. The summed E-state index contributed by atoms with van der Waals surface area (Å²) >= 11 is 0. The van der Waals surface area contributed by atoms with E-state index in [0.29, 0.717) is 43.6 Å².